The summed E-state index contributed by atoms with van der Waals surface area (Å²) in [6.07, 6.45) is -0.826. The number of hydrogen-bond donors (Lipinski definition) is 4. The van der Waals surface area contributed by atoms with Crippen LogP contribution < -0.4 is 11.1 Å². The predicted octanol–water partition coefficient (Wildman–Crippen LogP) is 0.533. The number of aliphatic hydroxyl groups is 1. The minimum absolute atomic E-state index is 0.108. The molecule has 5 N–H and O–H groups in total. The molecule has 0 heterocycles. The first kappa shape index (κ1) is 18.1. The average molecular weight is 308 g/mol. The summed E-state index contributed by atoms with van der Waals surface area (Å²) in [4.78, 5) is 23.1. The number of carboxylic acid groups (broad SMARTS) is 1. The van der Waals surface area contributed by atoms with Gasteiger partial charge >= 0.3 is 5.97 Å². The fourth-order valence-corrected chi connectivity index (χ4v) is 2.14. The third-order valence-electron chi connectivity index (χ3n) is 3.31. The Morgan fingerprint density at radius 1 is 1.23 bits per heavy atom. The second kappa shape index (κ2) is 8.51. The van der Waals surface area contributed by atoms with Gasteiger partial charge in [-0.15, -0.1) is 0 Å². The van der Waals surface area contributed by atoms with Crippen molar-refractivity contribution in [2.24, 2.45) is 11.7 Å². The van der Waals surface area contributed by atoms with E-state index in [0.717, 1.165) is 5.56 Å². The Balaban J connectivity index is 2.61. The molecule has 122 valence electrons. The highest BCUT2D eigenvalue weighted by molar-refractivity contribution is 5.86. The highest BCUT2D eigenvalue weighted by Crippen LogP contribution is 2.08. The fraction of sp³-hybridized carbons (Fsp3) is 0.500. The van der Waals surface area contributed by atoms with E-state index in [-0.39, 0.29) is 5.92 Å². The highest BCUT2D eigenvalue weighted by Gasteiger charge is 2.28. The van der Waals surface area contributed by atoms with E-state index >= 15 is 0 Å². The number of rotatable bonds is 8. The van der Waals surface area contributed by atoms with Gasteiger partial charge in [0.05, 0.1) is 0 Å². The smallest absolute Gasteiger partial charge is 0.326 e. The number of carboxylic acids is 1. The van der Waals surface area contributed by atoms with Gasteiger partial charge in [0.2, 0.25) is 0 Å². The van der Waals surface area contributed by atoms with Crippen molar-refractivity contribution in [3.63, 3.8) is 0 Å². The Morgan fingerprint density at radius 3 is 2.32 bits per heavy atom. The largest absolute Gasteiger partial charge is 0.480 e. The van der Waals surface area contributed by atoms with Crippen LogP contribution in [0.2, 0.25) is 0 Å². The molecule has 0 aliphatic carbocycles. The average Bonchev–Trinajstić information content (AvgIpc) is 2.46. The number of amides is 1. The molecule has 0 fully saturated rings. The van der Waals surface area contributed by atoms with Gasteiger partial charge in [0.25, 0.3) is 5.91 Å². The molecule has 0 spiro atoms. The quantitative estimate of drug-likeness (QED) is 0.559. The van der Waals surface area contributed by atoms with Crippen molar-refractivity contribution < 1.29 is 19.8 Å². The van der Waals surface area contributed by atoms with Crippen LogP contribution in [-0.4, -0.2) is 40.3 Å². The van der Waals surface area contributed by atoms with E-state index in [2.05, 4.69) is 5.32 Å². The van der Waals surface area contributed by atoms with Crippen molar-refractivity contribution in [3.8, 4) is 0 Å². The number of aliphatic hydroxyl groups excluding tert-OH is 1. The summed E-state index contributed by atoms with van der Waals surface area (Å²) < 4.78 is 0. The van der Waals surface area contributed by atoms with Crippen molar-refractivity contribution >= 4 is 11.9 Å². The number of nitrogens with two attached hydrogens (primary N) is 1. The summed E-state index contributed by atoms with van der Waals surface area (Å²) in [5.41, 5.74) is 6.75. The van der Waals surface area contributed by atoms with Gasteiger partial charge in [0.1, 0.15) is 12.1 Å². The Morgan fingerprint density at radius 2 is 1.82 bits per heavy atom. The van der Waals surface area contributed by atoms with Gasteiger partial charge in [-0.25, -0.2) is 4.79 Å². The first-order chi connectivity index (χ1) is 10.3. The highest BCUT2D eigenvalue weighted by atomic mass is 16.4. The molecule has 0 saturated carbocycles. The van der Waals surface area contributed by atoms with Crippen LogP contribution in [0.1, 0.15) is 25.8 Å². The zero-order valence-electron chi connectivity index (χ0n) is 12.9. The van der Waals surface area contributed by atoms with Gasteiger partial charge in [-0.1, -0.05) is 44.2 Å². The van der Waals surface area contributed by atoms with Crippen LogP contribution in [0.15, 0.2) is 30.3 Å². The molecule has 6 heteroatoms. The lowest BCUT2D eigenvalue weighted by Crippen LogP contribution is -2.52. The van der Waals surface area contributed by atoms with Gasteiger partial charge in [-0.05, 0) is 24.3 Å². The lowest BCUT2D eigenvalue weighted by Gasteiger charge is -2.22. The van der Waals surface area contributed by atoms with Gasteiger partial charge in [0, 0.05) is 6.04 Å². The number of nitrogens with one attached hydrogen (secondary N) is 1. The van der Waals surface area contributed by atoms with Crippen LogP contribution in [0.4, 0.5) is 0 Å². The zero-order chi connectivity index (χ0) is 16.7. The maximum Gasteiger partial charge on any atom is 0.326 e. The third kappa shape index (κ3) is 5.83. The molecule has 22 heavy (non-hydrogen) atoms. The number of carbonyl (C=O) groups excluding carboxylic acids is 1. The Bertz CT molecular complexity index is 490. The van der Waals surface area contributed by atoms with Crippen LogP contribution in [0.25, 0.3) is 0 Å². The van der Waals surface area contributed by atoms with Gasteiger partial charge in [-0.3, -0.25) is 4.79 Å². The van der Waals surface area contributed by atoms with Gasteiger partial charge in [-0.2, -0.15) is 0 Å². The predicted molar refractivity (Wildman–Crippen MR) is 83.1 cm³/mol. The van der Waals surface area contributed by atoms with Crippen LogP contribution in [-0.2, 0) is 16.0 Å². The molecule has 1 aromatic carbocycles. The van der Waals surface area contributed by atoms with E-state index in [1.807, 2.05) is 44.2 Å². The van der Waals surface area contributed by atoms with E-state index in [1.165, 1.54) is 0 Å². The first-order valence-electron chi connectivity index (χ1n) is 7.32. The minimum atomic E-state index is -1.45. The summed E-state index contributed by atoms with van der Waals surface area (Å²) in [6, 6.07) is 7.44. The zero-order valence-corrected chi connectivity index (χ0v) is 12.9. The monoisotopic (exact) mass is 308 g/mol. The standard InChI is InChI=1S/C16H24N2O4/c1-10(2)8-13(16(21)22)18-15(20)14(19)12(17)9-11-6-4-3-5-7-11/h3-7,10,12-14,19H,8-9,17H2,1-2H3,(H,18,20)(H,21,22)/t12-,13+,14?/m1/s1. The maximum atomic E-state index is 12.0. The van der Waals surface area contributed by atoms with Crippen molar-refractivity contribution in [1.82, 2.24) is 5.32 Å². The number of hydrogen-bond acceptors (Lipinski definition) is 4. The van der Waals surface area contributed by atoms with Crippen molar-refractivity contribution in [2.45, 2.75) is 44.9 Å². The molecule has 1 unspecified atom stereocenters. The van der Waals surface area contributed by atoms with Gasteiger partial charge in [0.15, 0.2) is 0 Å². The molecule has 1 aromatic rings. The maximum absolute atomic E-state index is 12.0. The molecule has 6 nitrogen and oxygen atoms in total. The molecular weight excluding hydrogens is 284 g/mol. The SMILES string of the molecule is CC(C)C[C@H](NC(=O)C(O)[C@H](N)Cc1ccccc1)C(=O)O. The lowest BCUT2D eigenvalue weighted by atomic mass is 10.00. The van der Waals surface area contributed by atoms with Crippen LogP contribution in [0.3, 0.4) is 0 Å². The summed E-state index contributed by atoms with van der Waals surface area (Å²) in [7, 11) is 0. The fourth-order valence-electron chi connectivity index (χ4n) is 2.14. The topological polar surface area (TPSA) is 113 Å². The molecule has 0 radical (unpaired) electrons. The summed E-state index contributed by atoms with van der Waals surface area (Å²) in [5, 5.41) is 21.4. The van der Waals surface area contributed by atoms with E-state index < -0.39 is 30.1 Å². The van der Waals surface area contributed by atoms with E-state index in [4.69, 9.17) is 10.8 Å². The normalized spacial score (nSPS) is 15.1. The molecule has 1 rings (SSSR count). The Kier molecular flexibility index (Phi) is 7.01. The molecule has 0 aliphatic heterocycles. The lowest BCUT2D eigenvalue weighted by molar-refractivity contribution is -0.144. The molecule has 0 saturated heterocycles. The van der Waals surface area contributed by atoms with Gasteiger partial charge < -0.3 is 21.3 Å². The minimum Gasteiger partial charge on any atom is -0.480 e. The Hall–Kier alpha value is -1.92. The molecule has 1 amide bonds. The first-order valence-corrected chi connectivity index (χ1v) is 7.32. The summed E-state index contributed by atoms with van der Waals surface area (Å²) >= 11 is 0. The number of aliphatic carboxylic acids is 1. The second-order valence-corrected chi connectivity index (χ2v) is 5.83. The second-order valence-electron chi connectivity index (χ2n) is 5.83. The molecule has 0 aromatic heterocycles. The van der Waals surface area contributed by atoms with Crippen molar-refractivity contribution in [3.05, 3.63) is 35.9 Å². The van der Waals surface area contributed by atoms with E-state index in [1.54, 1.807) is 0 Å². The van der Waals surface area contributed by atoms with Crippen molar-refractivity contribution in [2.75, 3.05) is 0 Å². The Labute approximate surface area is 130 Å². The number of benzene rings is 1. The molecule has 3 atom stereocenters. The van der Waals surface area contributed by atoms with Crippen LogP contribution >= 0.6 is 0 Å². The number of carbonyl (C=O) groups is 2. The van der Waals surface area contributed by atoms with E-state index in [9.17, 15) is 14.7 Å². The van der Waals surface area contributed by atoms with Crippen LogP contribution in [0.5, 0.6) is 0 Å². The molecule has 0 aliphatic rings. The molecule has 0 bridgehead atoms. The van der Waals surface area contributed by atoms with Crippen LogP contribution in [0, 0.1) is 5.92 Å². The van der Waals surface area contributed by atoms with E-state index in [0.29, 0.717) is 12.8 Å². The summed E-state index contributed by atoms with van der Waals surface area (Å²) in [5.74, 6) is -1.76. The van der Waals surface area contributed by atoms with Crippen molar-refractivity contribution in [1.29, 1.82) is 0 Å². The summed E-state index contributed by atoms with van der Waals surface area (Å²) in [6.45, 7) is 3.72. The molecular formula is C16H24N2O4. The third-order valence-corrected chi connectivity index (χ3v) is 3.31.